The first-order valence-electron chi connectivity index (χ1n) is 6.57. The first-order chi connectivity index (χ1) is 8.20. The number of ether oxygens (including phenoxy) is 1. The van der Waals surface area contributed by atoms with Gasteiger partial charge < -0.3 is 10.1 Å². The van der Waals surface area contributed by atoms with Crippen LogP contribution >= 0.6 is 12.4 Å². The van der Waals surface area contributed by atoms with Crippen LogP contribution in [-0.4, -0.2) is 25.8 Å². The van der Waals surface area contributed by atoms with Crippen LogP contribution in [0.3, 0.4) is 0 Å². The molecule has 1 aromatic rings. The number of nitrogens with one attached hydrogen (secondary N) is 1. The van der Waals surface area contributed by atoms with Crippen molar-refractivity contribution in [2.45, 2.75) is 39.2 Å². The molecule has 0 radical (unpaired) electrons. The summed E-state index contributed by atoms with van der Waals surface area (Å²) in [4.78, 5) is 0. The van der Waals surface area contributed by atoms with Crippen LogP contribution in [0.4, 0.5) is 0 Å². The zero-order chi connectivity index (χ0) is 12.5. The van der Waals surface area contributed by atoms with Gasteiger partial charge in [0.2, 0.25) is 0 Å². The maximum Gasteiger partial charge on any atom is 0.0518 e. The molecule has 0 saturated carbocycles. The van der Waals surface area contributed by atoms with E-state index in [2.05, 4.69) is 56.4 Å². The first-order valence-corrected chi connectivity index (χ1v) is 6.57. The number of benzene rings is 1. The third-order valence-electron chi connectivity index (χ3n) is 2.77. The third-order valence-corrected chi connectivity index (χ3v) is 2.77. The minimum atomic E-state index is 0. The smallest absolute Gasteiger partial charge is 0.0518 e. The molecular formula is C15H26ClNO. The monoisotopic (exact) mass is 271 g/mol. The predicted octanol–water partition coefficient (Wildman–Crippen LogP) is 3.62. The van der Waals surface area contributed by atoms with Crippen LogP contribution in [0.15, 0.2) is 30.3 Å². The van der Waals surface area contributed by atoms with Gasteiger partial charge >= 0.3 is 0 Å². The fourth-order valence-electron chi connectivity index (χ4n) is 1.73. The number of hydrogen-bond acceptors (Lipinski definition) is 2. The molecule has 0 fully saturated rings. The molecule has 0 heterocycles. The van der Waals surface area contributed by atoms with Crippen molar-refractivity contribution in [2.75, 3.05) is 19.7 Å². The van der Waals surface area contributed by atoms with Crippen LogP contribution in [0, 0.1) is 0 Å². The molecule has 0 aliphatic rings. The molecule has 2 nitrogen and oxygen atoms in total. The highest BCUT2D eigenvalue weighted by atomic mass is 35.5. The molecule has 3 heteroatoms. The fourth-order valence-corrected chi connectivity index (χ4v) is 1.73. The molecule has 1 aromatic carbocycles. The Bertz CT molecular complexity index is 290. The van der Waals surface area contributed by atoms with Crippen LogP contribution in [0.2, 0.25) is 0 Å². The summed E-state index contributed by atoms with van der Waals surface area (Å²) in [5.74, 6) is 0.571. The van der Waals surface area contributed by atoms with E-state index in [0.29, 0.717) is 12.0 Å². The van der Waals surface area contributed by atoms with Crippen molar-refractivity contribution in [3.63, 3.8) is 0 Å². The van der Waals surface area contributed by atoms with Gasteiger partial charge in [-0.15, -0.1) is 12.4 Å². The molecule has 1 rings (SSSR count). The lowest BCUT2D eigenvalue weighted by atomic mass is 10.0. The Morgan fingerprint density at radius 2 is 1.78 bits per heavy atom. The molecule has 0 saturated heterocycles. The molecule has 0 aliphatic heterocycles. The summed E-state index contributed by atoms with van der Waals surface area (Å²) >= 11 is 0. The summed E-state index contributed by atoms with van der Waals surface area (Å²) in [5, 5.41) is 3.48. The summed E-state index contributed by atoms with van der Waals surface area (Å²) < 4.78 is 5.49. The van der Waals surface area contributed by atoms with Crippen molar-refractivity contribution in [3.05, 3.63) is 35.9 Å². The van der Waals surface area contributed by atoms with Crippen molar-refractivity contribution < 1.29 is 4.74 Å². The van der Waals surface area contributed by atoms with Gasteiger partial charge in [0.25, 0.3) is 0 Å². The number of halogens is 1. The van der Waals surface area contributed by atoms with Crippen molar-refractivity contribution in [1.82, 2.24) is 5.32 Å². The van der Waals surface area contributed by atoms with Gasteiger partial charge in [-0.25, -0.2) is 0 Å². The zero-order valence-corrected chi connectivity index (χ0v) is 12.5. The number of rotatable bonds is 8. The van der Waals surface area contributed by atoms with E-state index in [-0.39, 0.29) is 12.4 Å². The molecule has 0 bridgehead atoms. The average molecular weight is 272 g/mol. The van der Waals surface area contributed by atoms with Crippen LogP contribution in [0.1, 0.15) is 38.7 Å². The highest BCUT2D eigenvalue weighted by Crippen LogP contribution is 2.12. The Labute approximate surface area is 118 Å². The van der Waals surface area contributed by atoms with Gasteiger partial charge in [0, 0.05) is 13.2 Å². The van der Waals surface area contributed by atoms with E-state index in [1.165, 1.54) is 5.56 Å². The molecule has 1 N–H and O–H groups in total. The zero-order valence-electron chi connectivity index (χ0n) is 11.7. The minimum absolute atomic E-state index is 0. The van der Waals surface area contributed by atoms with Crippen molar-refractivity contribution in [2.24, 2.45) is 0 Å². The van der Waals surface area contributed by atoms with E-state index in [1.54, 1.807) is 0 Å². The lowest BCUT2D eigenvalue weighted by Crippen LogP contribution is -2.22. The van der Waals surface area contributed by atoms with E-state index in [9.17, 15) is 0 Å². The van der Waals surface area contributed by atoms with Crippen LogP contribution < -0.4 is 5.32 Å². The maximum absolute atomic E-state index is 5.49. The molecule has 0 aromatic heterocycles. The van der Waals surface area contributed by atoms with E-state index in [1.807, 2.05) is 0 Å². The van der Waals surface area contributed by atoms with Crippen LogP contribution in [-0.2, 0) is 4.74 Å². The Hall–Kier alpha value is -0.570. The summed E-state index contributed by atoms with van der Waals surface area (Å²) in [6, 6.07) is 10.6. The Morgan fingerprint density at radius 3 is 2.39 bits per heavy atom. The third kappa shape index (κ3) is 7.70. The maximum atomic E-state index is 5.49. The highest BCUT2D eigenvalue weighted by molar-refractivity contribution is 5.85. The molecule has 0 spiro atoms. The minimum Gasteiger partial charge on any atom is -0.379 e. The van der Waals surface area contributed by atoms with Crippen molar-refractivity contribution in [1.29, 1.82) is 0 Å². The predicted molar refractivity (Wildman–Crippen MR) is 80.7 cm³/mol. The Balaban J connectivity index is 0.00000289. The second-order valence-corrected chi connectivity index (χ2v) is 4.79. The van der Waals surface area contributed by atoms with Crippen molar-refractivity contribution in [3.8, 4) is 0 Å². The van der Waals surface area contributed by atoms with E-state index in [0.717, 1.165) is 26.1 Å². The molecule has 0 aliphatic carbocycles. The first kappa shape index (κ1) is 17.4. The normalized spacial score (nSPS) is 12.2. The van der Waals surface area contributed by atoms with Gasteiger partial charge in [-0.2, -0.15) is 0 Å². The van der Waals surface area contributed by atoms with Crippen LogP contribution in [0.25, 0.3) is 0 Å². The van der Waals surface area contributed by atoms with Crippen LogP contribution in [0.5, 0.6) is 0 Å². The molecule has 1 unspecified atom stereocenters. The van der Waals surface area contributed by atoms with Gasteiger partial charge in [-0.05, 0) is 38.3 Å². The molecule has 104 valence electrons. The highest BCUT2D eigenvalue weighted by Gasteiger charge is 2.03. The second-order valence-electron chi connectivity index (χ2n) is 4.79. The van der Waals surface area contributed by atoms with E-state index >= 15 is 0 Å². The fraction of sp³-hybridized carbons (Fsp3) is 0.600. The van der Waals surface area contributed by atoms with Crippen molar-refractivity contribution >= 4 is 12.4 Å². The summed E-state index contributed by atoms with van der Waals surface area (Å²) in [5.41, 5.74) is 1.40. The van der Waals surface area contributed by atoms with Gasteiger partial charge in [0.05, 0.1) is 6.10 Å². The second kappa shape index (κ2) is 10.4. The average Bonchev–Trinajstić information content (AvgIpc) is 2.34. The summed E-state index contributed by atoms with van der Waals surface area (Å²) in [6.07, 6.45) is 1.43. The lowest BCUT2D eigenvalue weighted by Gasteiger charge is -2.13. The summed E-state index contributed by atoms with van der Waals surface area (Å²) in [7, 11) is 0. The van der Waals surface area contributed by atoms with E-state index in [4.69, 9.17) is 4.74 Å². The van der Waals surface area contributed by atoms with Gasteiger partial charge in [-0.1, -0.05) is 37.3 Å². The molecule has 1 atom stereocenters. The Morgan fingerprint density at radius 1 is 1.11 bits per heavy atom. The van der Waals surface area contributed by atoms with E-state index < -0.39 is 0 Å². The van der Waals surface area contributed by atoms with Gasteiger partial charge in [-0.3, -0.25) is 0 Å². The standard InChI is InChI=1S/C15H25NO.ClH/c1-13(2)17-11-7-10-16-12-14(3)15-8-5-4-6-9-15;/h4-6,8-9,13-14,16H,7,10-12H2,1-3H3;1H. The Kier molecular flexibility index (Phi) is 10.0. The SMILES string of the molecule is CC(C)OCCCNCC(C)c1ccccc1.Cl. The van der Waals surface area contributed by atoms with Gasteiger partial charge in [0.1, 0.15) is 0 Å². The number of hydrogen-bond donors (Lipinski definition) is 1. The molecule has 18 heavy (non-hydrogen) atoms. The quantitative estimate of drug-likeness (QED) is 0.729. The molecular weight excluding hydrogens is 246 g/mol. The molecule has 0 amide bonds. The largest absolute Gasteiger partial charge is 0.379 e. The summed E-state index contributed by atoms with van der Waals surface area (Å²) in [6.45, 7) is 9.32. The lowest BCUT2D eigenvalue weighted by molar-refractivity contribution is 0.0771. The topological polar surface area (TPSA) is 21.3 Å². The van der Waals surface area contributed by atoms with Gasteiger partial charge in [0.15, 0.2) is 0 Å².